The zero-order valence-corrected chi connectivity index (χ0v) is 17.5. The number of nitrogens with zero attached hydrogens (tertiary/aromatic N) is 3. The Morgan fingerprint density at radius 2 is 1.96 bits per heavy atom. The fourth-order valence-corrected chi connectivity index (χ4v) is 4.32. The number of aromatic nitrogens is 3. The summed E-state index contributed by atoms with van der Waals surface area (Å²) >= 11 is 1.48. The maximum atomic E-state index is 13.1. The molecule has 2 aromatic heterocycles. The number of furan rings is 1. The summed E-state index contributed by atoms with van der Waals surface area (Å²) in [6, 6.07) is 7.94. The van der Waals surface area contributed by atoms with Gasteiger partial charge in [-0.1, -0.05) is 17.8 Å². The Hall–Kier alpha value is -2.34. The quantitative estimate of drug-likeness (QED) is 0.412. The van der Waals surface area contributed by atoms with E-state index in [4.69, 9.17) is 4.42 Å². The van der Waals surface area contributed by atoms with E-state index in [1.54, 1.807) is 6.26 Å². The van der Waals surface area contributed by atoms with Crippen LogP contribution in [-0.4, -0.2) is 25.8 Å². The van der Waals surface area contributed by atoms with Crippen molar-refractivity contribution in [3.8, 4) is 0 Å². The van der Waals surface area contributed by atoms with Crippen molar-refractivity contribution < 1.29 is 9.21 Å². The van der Waals surface area contributed by atoms with Gasteiger partial charge in [0.2, 0.25) is 0 Å². The Bertz CT molecular complexity index is 1000. The summed E-state index contributed by atoms with van der Waals surface area (Å²) in [6.45, 7) is 8.67. The van der Waals surface area contributed by atoms with E-state index in [9.17, 15) is 4.79 Å². The van der Waals surface area contributed by atoms with Crippen molar-refractivity contribution in [1.29, 1.82) is 0 Å². The molecule has 146 valence electrons. The lowest BCUT2D eigenvalue weighted by atomic mass is 9.97. The molecular formula is C22H25N3O2S. The van der Waals surface area contributed by atoms with Gasteiger partial charge in [0.15, 0.2) is 10.9 Å². The van der Waals surface area contributed by atoms with Crippen LogP contribution in [0.1, 0.15) is 64.3 Å². The summed E-state index contributed by atoms with van der Waals surface area (Å²) in [5.74, 6) is 2.48. The summed E-state index contributed by atoms with van der Waals surface area (Å²) in [5.41, 5.74) is 4.17. The third kappa shape index (κ3) is 3.78. The van der Waals surface area contributed by atoms with Gasteiger partial charge in [0.05, 0.1) is 18.1 Å². The molecule has 1 saturated carbocycles. The predicted octanol–water partition coefficient (Wildman–Crippen LogP) is 5.09. The molecule has 0 radical (unpaired) electrons. The molecule has 0 saturated heterocycles. The second kappa shape index (κ2) is 7.59. The lowest BCUT2D eigenvalue weighted by Gasteiger charge is -2.14. The molecule has 1 atom stereocenters. The highest BCUT2D eigenvalue weighted by molar-refractivity contribution is 8.00. The summed E-state index contributed by atoms with van der Waals surface area (Å²) in [5, 5.41) is 9.37. The molecule has 28 heavy (non-hydrogen) atoms. The van der Waals surface area contributed by atoms with Crippen molar-refractivity contribution in [3.05, 3.63) is 64.4 Å². The second-order valence-electron chi connectivity index (χ2n) is 7.66. The zero-order chi connectivity index (χ0) is 19.8. The van der Waals surface area contributed by atoms with Gasteiger partial charge in [-0.3, -0.25) is 9.36 Å². The molecule has 0 amide bonds. The van der Waals surface area contributed by atoms with Crippen molar-refractivity contribution in [2.24, 2.45) is 0 Å². The van der Waals surface area contributed by atoms with E-state index < -0.39 is 0 Å². The van der Waals surface area contributed by atoms with E-state index in [2.05, 4.69) is 27.8 Å². The summed E-state index contributed by atoms with van der Waals surface area (Å²) < 4.78 is 7.64. The number of aryl methyl sites for hydroxylation is 3. The highest BCUT2D eigenvalue weighted by atomic mass is 32.2. The van der Waals surface area contributed by atoms with E-state index in [0.717, 1.165) is 46.3 Å². The molecule has 4 rings (SSSR count). The smallest absolute Gasteiger partial charge is 0.192 e. The van der Waals surface area contributed by atoms with Gasteiger partial charge in [0, 0.05) is 11.5 Å². The fourth-order valence-electron chi connectivity index (χ4n) is 3.39. The molecule has 3 aromatic rings. The average Bonchev–Trinajstić information content (AvgIpc) is 3.24. The van der Waals surface area contributed by atoms with Crippen molar-refractivity contribution >= 4 is 17.5 Å². The van der Waals surface area contributed by atoms with Crippen LogP contribution in [-0.2, 0) is 6.54 Å². The van der Waals surface area contributed by atoms with Crippen LogP contribution in [0.3, 0.4) is 0 Å². The number of ketones is 1. The molecule has 5 nitrogen and oxygen atoms in total. The first-order valence-corrected chi connectivity index (χ1v) is 10.6. The molecular weight excluding hydrogens is 370 g/mol. The normalized spacial score (nSPS) is 15.0. The van der Waals surface area contributed by atoms with Crippen molar-refractivity contribution in [2.75, 3.05) is 0 Å². The topological polar surface area (TPSA) is 60.9 Å². The van der Waals surface area contributed by atoms with Gasteiger partial charge in [-0.05, 0) is 75.4 Å². The monoisotopic (exact) mass is 395 g/mol. The first-order chi connectivity index (χ1) is 13.4. The van der Waals surface area contributed by atoms with Crippen LogP contribution >= 0.6 is 11.8 Å². The summed E-state index contributed by atoms with van der Waals surface area (Å²) in [7, 11) is 0. The Kier molecular flexibility index (Phi) is 5.15. The van der Waals surface area contributed by atoms with Gasteiger partial charge in [-0.2, -0.15) is 0 Å². The Morgan fingerprint density at radius 1 is 1.21 bits per heavy atom. The highest BCUT2D eigenvalue weighted by Gasteiger charge is 2.31. The number of hydrogen-bond acceptors (Lipinski definition) is 5. The van der Waals surface area contributed by atoms with E-state index in [1.807, 2.05) is 39.0 Å². The number of rotatable bonds is 7. The third-order valence-electron chi connectivity index (χ3n) is 5.34. The molecule has 1 aliphatic carbocycles. The van der Waals surface area contributed by atoms with Gasteiger partial charge in [0.25, 0.3) is 0 Å². The molecule has 1 aromatic carbocycles. The van der Waals surface area contributed by atoms with Gasteiger partial charge in [-0.15, -0.1) is 10.2 Å². The first kappa shape index (κ1) is 19.0. The second-order valence-corrected chi connectivity index (χ2v) is 8.96. The molecule has 1 fully saturated rings. The maximum absolute atomic E-state index is 13.1. The molecule has 0 spiro atoms. The van der Waals surface area contributed by atoms with Gasteiger partial charge >= 0.3 is 0 Å². The third-order valence-corrected chi connectivity index (χ3v) is 6.42. The number of carbonyl (C=O) groups is 1. The SMILES string of the molecule is Cc1cc(C)c(C(=O)C(C)Sc2nnc(C3CC3)n2Cc2ccco2)cc1C. The molecule has 0 N–H and O–H groups in total. The summed E-state index contributed by atoms with van der Waals surface area (Å²) in [4.78, 5) is 13.1. The number of thioether (sulfide) groups is 1. The van der Waals surface area contributed by atoms with E-state index in [1.165, 1.54) is 17.3 Å². The Morgan fingerprint density at radius 3 is 2.64 bits per heavy atom. The lowest BCUT2D eigenvalue weighted by molar-refractivity contribution is 0.0993. The van der Waals surface area contributed by atoms with E-state index >= 15 is 0 Å². The first-order valence-electron chi connectivity index (χ1n) is 9.68. The number of carbonyl (C=O) groups excluding carboxylic acids is 1. The fraction of sp³-hybridized carbons (Fsp3) is 0.409. The Balaban J connectivity index is 1.58. The predicted molar refractivity (Wildman–Crippen MR) is 110 cm³/mol. The van der Waals surface area contributed by atoms with Gasteiger partial charge in [-0.25, -0.2) is 0 Å². The molecule has 6 heteroatoms. The van der Waals surface area contributed by atoms with Gasteiger partial charge < -0.3 is 4.42 Å². The van der Waals surface area contributed by atoms with Crippen molar-refractivity contribution in [3.63, 3.8) is 0 Å². The highest BCUT2D eigenvalue weighted by Crippen LogP contribution is 2.40. The van der Waals surface area contributed by atoms with Crippen LogP contribution in [0, 0.1) is 20.8 Å². The van der Waals surface area contributed by atoms with Gasteiger partial charge in [0.1, 0.15) is 11.6 Å². The average molecular weight is 396 g/mol. The minimum atomic E-state index is -0.243. The van der Waals surface area contributed by atoms with Crippen LogP contribution in [0.2, 0.25) is 0 Å². The van der Waals surface area contributed by atoms with Crippen molar-refractivity contribution in [2.45, 2.75) is 63.4 Å². The van der Waals surface area contributed by atoms with Crippen LogP contribution in [0.4, 0.5) is 0 Å². The molecule has 1 aliphatic rings. The standard InChI is InChI=1S/C22H25N3O2S/c1-13-10-15(3)19(11-14(13)2)20(26)16(4)28-22-24-23-21(17-7-8-17)25(22)12-18-6-5-9-27-18/h5-6,9-11,16-17H,7-8,12H2,1-4H3. The van der Waals surface area contributed by atoms with Crippen LogP contribution < -0.4 is 0 Å². The van der Waals surface area contributed by atoms with Crippen LogP contribution in [0.5, 0.6) is 0 Å². The lowest BCUT2D eigenvalue weighted by Crippen LogP contribution is -2.17. The molecule has 1 unspecified atom stereocenters. The minimum absolute atomic E-state index is 0.131. The Labute approximate surface area is 169 Å². The minimum Gasteiger partial charge on any atom is -0.467 e. The summed E-state index contributed by atoms with van der Waals surface area (Å²) in [6.07, 6.45) is 3.98. The molecule has 0 aliphatic heterocycles. The van der Waals surface area contributed by atoms with E-state index in [0.29, 0.717) is 12.5 Å². The van der Waals surface area contributed by atoms with Crippen LogP contribution in [0.15, 0.2) is 40.1 Å². The number of hydrogen-bond donors (Lipinski definition) is 0. The number of benzene rings is 1. The van der Waals surface area contributed by atoms with Crippen molar-refractivity contribution in [1.82, 2.24) is 14.8 Å². The van der Waals surface area contributed by atoms with E-state index in [-0.39, 0.29) is 11.0 Å². The van der Waals surface area contributed by atoms with Crippen LogP contribution in [0.25, 0.3) is 0 Å². The molecule has 2 heterocycles. The zero-order valence-electron chi connectivity index (χ0n) is 16.7. The largest absolute Gasteiger partial charge is 0.467 e. The maximum Gasteiger partial charge on any atom is 0.192 e. The molecule has 0 bridgehead atoms. The number of Topliss-reactive ketones (excluding diaryl/α,β-unsaturated/α-hetero) is 1.